The van der Waals surface area contributed by atoms with Gasteiger partial charge < -0.3 is 10.2 Å². The van der Waals surface area contributed by atoms with Gasteiger partial charge in [-0.3, -0.25) is 9.59 Å². The first kappa shape index (κ1) is 17.5. The molecule has 0 spiro atoms. The lowest BCUT2D eigenvalue weighted by Gasteiger charge is -2.17. The lowest BCUT2D eigenvalue weighted by molar-refractivity contribution is -0.127. The minimum atomic E-state index is -0.115. The normalized spacial score (nSPS) is 16.9. The first-order chi connectivity index (χ1) is 12.2. The third-order valence-electron chi connectivity index (χ3n) is 4.42. The van der Waals surface area contributed by atoms with Crippen LogP contribution in [-0.4, -0.2) is 42.1 Å². The van der Waals surface area contributed by atoms with Crippen LogP contribution in [0.3, 0.4) is 0 Å². The smallest absolute Gasteiger partial charge is 0.251 e. The van der Waals surface area contributed by atoms with Gasteiger partial charge in [-0.1, -0.05) is 30.3 Å². The summed E-state index contributed by atoms with van der Waals surface area (Å²) in [5.41, 5.74) is 1.85. The number of carbonyl (C=O) groups excluding carboxylic acids is 2. The van der Waals surface area contributed by atoms with Crippen molar-refractivity contribution in [1.82, 2.24) is 10.2 Å². The third-order valence-corrected chi connectivity index (χ3v) is 5.16. The second-order valence-corrected chi connectivity index (χ2v) is 7.06. The summed E-state index contributed by atoms with van der Waals surface area (Å²) < 4.78 is 0. The molecule has 2 aromatic rings. The lowest BCUT2D eigenvalue weighted by Crippen LogP contribution is -2.37. The van der Waals surface area contributed by atoms with E-state index in [1.165, 1.54) is 5.56 Å². The fourth-order valence-corrected chi connectivity index (χ4v) is 3.41. The Balaban J connectivity index is 1.52. The SMILES string of the molecule is CSc1ccc(C(=O)N[C@@H]2CC(=O)N(CCc3ccccc3)C2)cc1. The summed E-state index contributed by atoms with van der Waals surface area (Å²) in [6.07, 6.45) is 3.22. The van der Waals surface area contributed by atoms with Crippen molar-refractivity contribution in [1.29, 1.82) is 0 Å². The quantitative estimate of drug-likeness (QED) is 0.812. The first-order valence-electron chi connectivity index (χ1n) is 8.42. The summed E-state index contributed by atoms with van der Waals surface area (Å²) in [6.45, 7) is 1.28. The summed E-state index contributed by atoms with van der Waals surface area (Å²) in [6, 6.07) is 17.5. The number of hydrogen-bond acceptors (Lipinski definition) is 3. The van der Waals surface area contributed by atoms with E-state index >= 15 is 0 Å². The highest BCUT2D eigenvalue weighted by molar-refractivity contribution is 7.98. The van der Waals surface area contributed by atoms with E-state index in [1.807, 2.05) is 53.6 Å². The highest BCUT2D eigenvalue weighted by Gasteiger charge is 2.30. The molecule has 0 saturated carbocycles. The van der Waals surface area contributed by atoms with E-state index < -0.39 is 0 Å². The molecular weight excluding hydrogens is 332 g/mol. The Morgan fingerprint density at radius 1 is 1.16 bits per heavy atom. The van der Waals surface area contributed by atoms with Crippen LogP contribution in [0.1, 0.15) is 22.3 Å². The van der Waals surface area contributed by atoms with Crippen LogP contribution in [0.2, 0.25) is 0 Å². The molecule has 25 heavy (non-hydrogen) atoms. The van der Waals surface area contributed by atoms with E-state index in [-0.39, 0.29) is 17.9 Å². The van der Waals surface area contributed by atoms with E-state index in [0.717, 1.165) is 11.3 Å². The van der Waals surface area contributed by atoms with Gasteiger partial charge in [0.1, 0.15) is 0 Å². The average molecular weight is 354 g/mol. The number of nitrogens with zero attached hydrogens (tertiary/aromatic N) is 1. The third kappa shape index (κ3) is 4.63. The molecule has 2 amide bonds. The van der Waals surface area contributed by atoms with Crippen LogP contribution in [0.5, 0.6) is 0 Å². The Kier molecular flexibility index (Phi) is 5.76. The van der Waals surface area contributed by atoms with Crippen LogP contribution >= 0.6 is 11.8 Å². The van der Waals surface area contributed by atoms with Gasteiger partial charge in [0, 0.05) is 30.0 Å². The van der Waals surface area contributed by atoms with Crippen molar-refractivity contribution in [2.75, 3.05) is 19.3 Å². The summed E-state index contributed by atoms with van der Waals surface area (Å²) in [5.74, 6) is -0.00526. The van der Waals surface area contributed by atoms with Gasteiger partial charge in [-0.05, 0) is 42.5 Å². The highest BCUT2D eigenvalue weighted by Crippen LogP contribution is 2.16. The summed E-state index contributed by atoms with van der Waals surface area (Å²) in [7, 11) is 0. The molecule has 3 rings (SSSR count). The minimum Gasteiger partial charge on any atom is -0.347 e. The molecular formula is C20H22N2O2S. The standard InChI is InChI=1S/C20H22N2O2S/c1-25-18-9-7-16(8-10-18)20(24)21-17-13-19(23)22(14-17)12-11-15-5-3-2-4-6-15/h2-10,17H,11-14H2,1H3,(H,21,24)/t17-/m1/s1. The Labute approximate surface area is 152 Å². The van der Waals surface area contributed by atoms with Crippen molar-refractivity contribution in [3.05, 3.63) is 65.7 Å². The fraction of sp³-hybridized carbons (Fsp3) is 0.300. The van der Waals surface area contributed by atoms with Crippen molar-refractivity contribution >= 4 is 23.6 Å². The number of hydrogen-bond donors (Lipinski definition) is 1. The summed E-state index contributed by atoms with van der Waals surface area (Å²) >= 11 is 1.64. The van der Waals surface area contributed by atoms with Crippen LogP contribution < -0.4 is 5.32 Å². The Hall–Kier alpha value is -2.27. The zero-order valence-electron chi connectivity index (χ0n) is 14.3. The lowest BCUT2D eigenvalue weighted by atomic mass is 10.1. The van der Waals surface area contributed by atoms with Gasteiger partial charge in [0.15, 0.2) is 0 Å². The molecule has 1 atom stereocenters. The molecule has 1 fully saturated rings. The maximum atomic E-state index is 12.3. The van der Waals surface area contributed by atoms with Crippen LogP contribution in [-0.2, 0) is 11.2 Å². The molecule has 0 unspecified atom stereocenters. The predicted octanol–water partition coefficient (Wildman–Crippen LogP) is 2.98. The minimum absolute atomic E-state index is 0.110. The Morgan fingerprint density at radius 3 is 2.56 bits per heavy atom. The van der Waals surface area contributed by atoms with Crippen molar-refractivity contribution < 1.29 is 9.59 Å². The molecule has 1 aliphatic rings. The summed E-state index contributed by atoms with van der Waals surface area (Å²) in [4.78, 5) is 27.5. The number of nitrogens with one attached hydrogen (secondary N) is 1. The molecule has 0 aliphatic carbocycles. The number of rotatable bonds is 6. The molecule has 4 nitrogen and oxygen atoms in total. The molecule has 1 saturated heterocycles. The Bertz CT molecular complexity index is 731. The number of thioether (sulfide) groups is 1. The summed E-state index contributed by atoms with van der Waals surface area (Å²) in [5, 5.41) is 2.98. The molecule has 0 bridgehead atoms. The molecule has 5 heteroatoms. The van der Waals surface area contributed by atoms with E-state index in [2.05, 4.69) is 17.4 Å². The van der Waals surface area contributed by atoms with Gasteiger partial charge in [-0.15, -0.1) is 11.8 Å². The second kappa shape index (κ2) is 8.21. The van der Waals surface area contributed by atoms with Gasteiger partial charge in [0.25, 0.3) is 5.91 Å². The molecule has 1 aliphatic heterocycles. The second-order valence-electron chi connectivity index (χ2n) is 6.18. The fourth-order valence-electron chi connectivity index (χ4n) is 3.00. The van der Waals surface area contributed by atoms with Crippen LogP contribution in [0.15, 0.2) is 59.5 Å². The van der Waals surface area contributed by atoms with E-state index in [0.29, 0.717) is 25.1 Å². The van der Waals surface area contributed by atoms with Crippen LogP contribution in [0, 0.1) is 0 Å². The molecule has 0 radical (unpaired) electrons. The average Bonchev–Trinajstić information content (AvgIpc) is 3.00. The highest BCUT2D eigenvalue weighted by atomic mass is 32.2. The van der Waals surface area contributed by atoms with Crippen molar-refractivity contribution in [2.24, 2.45) is 0 Å². The van der Waals surface area contributed by atoms with Crippen LogP contribution in [0.4, 0.5) is 0 Å². The largest absolute Gasteiger partial charge is 0.347 e. The van der Waals surface area contributed by atoms with Crippen molar-refractivity contribution in [3.8, 4) is 0 Å². The number of benzene rings is 2. The van der Waals surface area contributed by atoms with E-state index in [4.69, 9.17) is 0 Å². The predicted molar refractivity (Wildman–Crippen MR) is 101 cm³/mol. The molecule has 2 aromatic carbocycles. The molecule has 130 valence electrons. The van der Waals surface area contributed by atoms with Crippen molar-refractivity contribution in [3.63, 3.8) is 0 Å². The van der Waals surface area contributed by atoms with Gasteiger partial charge in [0.2, 0.25) is 5.91 Å². The first-order valence-corrected chi connectivity index (χ1v) is 9.65. The number of likely N-dealkylation sites (tertiary alicyclic amines) is 1. The van der Waals surface area contributed by atoms with Gasteiger partial charge in [-0.25, -0.2) is 0 Å². The monoisotopic (exact) mass is 354 g/mol. The zero-order chi connectivity index (χ0) is 17.6. The maximum absolute atomic E-state index is 12.3. The van der Waals surface area contributed by atoms with E-state index in [1.54, 1.807) is 11.8 Å². The zero-order valence-corrected chi connectivity index (χ0v) is 15.1. The number of amides is 2. The maximum Gasteiger partial charge on any atom is 0.251 e. The molecule has 0 aromatic heterocycles. The van der Waals surface area contributed by atoms with Gasteiger partial charge in [-0.2, -0.15) is 0 Å². The topological polar surface area (TPSA) is 49.4 Å². The van der Waals surface area contributed by atoms with Crippen molar-refractivity contribution in [2.45, 2.75) is 23.8 Å². The molecule has 1 heterocycles. The Morgan fingerprint density at radius 2 is 1.88 bits per heavy atom. The molecule has 1 N–H and O–H groups in total. The van der Waals surface area contributed by atoms with E-state index in [9.17, 15) is 9.59 Å². The number of carbonyl (C=O) groups is 2. The van der Waals surface area contributed by atoms with Gasteiger partial charge >= 0.3 is 0 Å². The van der Waals surface area contributed by atoms with Gasteiger partial charge in [0.05, 0.1) is 6.04 Å². The van der Waals surface area contributed by atoms with Crippen LogP contribution in [0.25, 0.3) is 0 Å².